The summed E-state index contributed by atoms with van der Waals surface area (Å²) in [6, 6.07) is 6.94. The van der Waals surface area contributed by atoms with Crippen molar-refractivity contribution in [3.63, 3.8) is 0 Å². The van der Waals surface area contributed by atoms with Crippen molar-refractivity contribution in [1.29, 1.82) is 0 Å². The van der Waals surface area contributed by atoms with E-state index in [1.807, 2.05) is 31.2 Å². The molecule has 0 radical (unpaired) electrons. The van der Waals surface area contributed by atoms with Gasteiger partial charge >= 0.3 is 5.97 Å². The molecule has 29 heavy (non-hydrogen) atoms. The van der Waals surface area contributed by atoms with Crippen LogP contribution in [0.5, 0.6) is 0 Å². The van der Waals surface area contributed by atoms with Gasteiger partial charge in [0.2, 0.25) is 5.91 Å². The number of ether oxygens (including phenoxy) is 1. The zero-order valence-corrected chi connectivity index (χ0v) is 18.2. The van der Waals surface area contributed by atoms with Crippen LogP contribution in [0.15, 0.2) is 30.5 Å². The minimum atomic E-state index is -0.745. The number of aromatic nitrogens is 2. The van der Waals surface area contributed by atoms with Gasteiger partial charge in [0.05, 0.1) is 13.2 Å². The highest BCUT2D eigenvalue weighted by molar-refractivity contribution is 6.31. The molecule has 6 nitrogen and oxygen atoms in total. The van der Waals surface area contributed by atoms with Crippen LogP contribution in [0.1, 0.15) is 57.1 Å². The van der Waals surface area contributed by atoms with E-state index in [0.29, 0.717) is 30.8 Å². The van der Waals surface area contributed by atoms with Crippen LogP contribution in [0.2, 0.25) is 5.02 Å². The molecule has 1 aromatic heterocycles. The normalized spacial score (nSPS) is 11.9. The monoisotopic (exact) mass is 419 g/mol. The molecule has 7 heteroatoms. The molecule has 1 heterocycles. The fourth-order valence-corrected chi connectivity index (χ4v) is 3.36. The highest BCUT2D eigenvalue weighted by atomic mass is 35.5. The van der Waals surface area contributed by atoms with Crippen LogP contribution in [0.3, 0.4) is 0 Å². The van der Waals surface area contributed by atoms with E-state index in [1.54, 1.807) is 13.1 Å². The van der Waals surface area contributed by atoms with Gasteiger partial charge in [-0.3, -0.25) is 4.79 Å². The van der Waals surface area contributed by atoms with E-state index in [2.05, 4.69) is 21.8 Å². The summed E-state index contributed by atoms with van der Waals surface area (Å²) in [5, 5.41) is 3.50. The summed E-state index contributed by atoms with van der Waals surface area (Å²) in [5.41, 5.74) is 1.84. The largest absolute Gasteiger partial charge is 0.464 e. The second kappa shape index (κ2) is 11.6. The third-order valence-corrected chi connectivity index (χ3v) is 4.95. The smallest absolute Gasteiger partial charge is 0.329 e. The molecule has 0 saturated heterocycles. The van der Waals surface area contributed by atoms with Gasteiger partial charge in [-0.2, -0.15) is 0 Å². The summed E-state index contributed by atoms with van der Waals surface area (Å²) in [6.45, 7) is 6.60. The summed E-state index contributed by atoms with van der Waals surface area (Å²) in [7, 11) is 0. The van der Waals surface area contributed by atoms with Crippen LogP contribution < -0.4 is 5.32 Å². The van der Waals surface area contributed by atoms with Gasteiger partial charge in [-0.1, -0.05) is 43.6 Å². The average Bonchev–Trinajstić information content (AvgIpc) is 3.05. The first kappa shape index (κ1) is 22.9. The number of carbonyl (C=O) groups excluding carboxylic acids is 2. The summed E-state index contributed by atoms with van der Waals surface area (Å²) in [6.07, 6.45) is 4.95. The molecule has 0 unspecified atom stereocenters. The topological polar surface area (TPSA) is 73.2 Å². The maximum Gasteiger partial charge on any atom is 0.329 e. The Kier molecular flexibility index (Phi) is 9.19. The van der Waals surface area contributed by atoms with Crippen molar-refractivity contribution in [2.45, 2.75) is 65.5 Å². The van der Waals surface area contributed by atoms with Crippen molar-refractivity contribution in [3.05, 3.63) is 52.6 Å². The minimum absolute atomic E-state index is 0.156. The number of hydrogen-bond donors (Lipinski definition) is 1. The first-order valence-electron chi connectivity index (χ1n) is 10.2. The molecule has 1 amide bonds. The van der Waals surface area contributed by atoms with Gasteiger partial charge in [-0.15, -0.1) is 0 Å². The molecule has 0 spiro atoms. The second-order valence-corrected chi connectivity index (χ2v) is 7.33. The molecule has 0 fully saturated rings. The van der Waals surface area contributed by atoms with Crippen molar-refractivity contribution in [1.82, 2.24) is 14.9 Å². The van der Waals surface area contributed by atoms with E-state index < -0.39 is 12.0 Å². The quantitative estimate of drug-likeness (QED) is 0.560. The Labute approximate surface area is 177 Å². The molecule has 1 N–H and O–H groups in total. The Hall–Kier alpha value is -2.34. The molecule has 0 saturated carbocycles. The molecule has 0 aliphatic heterocycles. The predicted molar refractivity (Wildman–Crippen MR) is 114 cm³/mol. The van der Waals surface area contributed by atoms with Crippen molar-refractivity contribution >= 4 is 23.5 Å². The summed E-state index contributed by atoms with van der Waals surface area (Å²) < 4.78 is 7.27. The van der Waals surface area contributed by atoms with Crippen molar-refractivity contribution < 1.29 is 14.3 Å². The lowest BCUT2D eigenvalue weighted by atomic mass is 10.1. The summed E-state index contributed by atoms with van der Waals surface area (Å²) >= 11 is 6.36. The zero-order valence-electron chi connectivity index (χ0n) is 17.4. The number of rotatable bonds is 11. The summed E-state index contributed by atoms with van der Waals surface area (Å²) in [4.78, 5) is 29.1. The Morgan fingerprint density at radius 3 is 2.62 bits per heavy atom. The number of nitrogens with zero attached hydrogens (tertiary/aromatic N) is 2. The Morgan fingerprint density at radius 2 is 1.97 bits per heavy atom. The van der Waals surface area contributed by atoms with E-state index in [0.717, 1.165) is 29.9 Å². The maximum absolute atomic E-state index is 12.5. The third kappa shape index (κ3) is 6.60. The summed E-state index contributed by atoms with van der Waals surface area (Å²) in [5.74, 6) is 0.348. The van der Waals surface area contributed by atoms with E-state index >= 15 is 0 Å². The van der Waals surface area contributed by atoms with Gasteiger partial charge in [-0.05, 0) is 31.4 Å². The molecule has 1 atom stereocenters. The number of benzene rings is 1. The molecule has 0 aliphatic rings. The molecule has 0 aliphatic carbocycles. The van der Waals surface area contributed by atoms with E-state index in [-0.39, 0.29) is 12.5 Å². The average molecular weight is 420 g/mol. The van der Waals surface area contributed by atoms with Crippen LogP contribution in [0, 0.1) is 0 Å². The number of esters is 1. The minimum Gasteiger partial charge on any atom is -0.464 e. The number of halogens is 1. The lowest BCUT2D eigenvalue weighted by molar-refractivity contribution is -0.147. The van der Waals surface area contributed by atoms with E-state index in [4.69, 9.17) is 16.3 Å². The standard InChI is InChI=1S/C22H30ClN3O3/c1-4-9-20-24-14-17(26(20)15-16-11-7-8-12-18(16)23)13-19(22(28)29-6-3)25-21(27)10-5-2/h7-8,11-12,14,19H,4-6,9-10,13,15H2,1-3H3,(H,25,27)/t19-/m0/s1. The van der Waals surface area contributed by atoms with Crippen LogP contribution in [-0.2, 0) is 33.7 Å². The molecule has 1 aromatic carbocycles. The fraction of sp³-hybridized carbons (Fsp3) is 0.500. The first-order valence-corrected chi connectivity index (χ1v) is 10.6. The van der Waals surface area contributed by atoms with E-state index in [9.17, 15) is 9.59 Å². The van der Waals surface area contributed by atoms with Crippen LogP contribution in [0.25, 0.3) is 0 Å². The van der Waals surface area contributed by atoms with Gasteiger partial charge in [0.1, 0.15) is 11.9 Å². The van der Waals surface area contributed by atoms with Gasteiger partial charge in [0.25, 0.3) is 0 Å². The third-order valence-electron chi connectivity index (χ3n) is 4.58. The van der Waals surface area contributed by atoms with Gasteiger partial charge in [0, 0.05) is 36.2 Å². The van der Waals surface area contributed by atoms with Crippen molar-refractivity contribution in [3.8, 4) is 0 Å². The lowest BCUT2D eigenvalue weighted by Crippen LogP contribution is -2.43. The first-order chi connectivity index (χ1) is 14.0. The van der Waals surface area contributed by atoms with Gasteiger partial charge in [-0.25, -0.2) is 9.78 Å². The number of aryl methyl sites for hydroxylation is 1. The molecule has 2 aromatic rings. The Bertz CT molecular complexity index is 819. The number of hydrogen-bond acceptors (Lipinski definition) is 4. The maximum atomic E-state index is 12.5. The molecular weight excluding hydrogens is 390 g/mol. The fourth-order valence-electron chi connectivity index (χ4n) is 3.17. The second-order valence-electron chi connectivity index (χ2n) is 6.92. The Balaban J connectivity index is 2.31. The molecule has 0 bridgehead atoms. The van der Waals surface area contributed by atoms with Crippen molar-refractivity contribution in [2.24, 2.45) is 0 Å². The number of imidazole rings is 1. The highest BCUT2D eigenvalue weighted by Crippen LogP contribution is 2.20. The highest BCUT2D eigenvalue weighted by Gasteiger charge is 2.25. The molecular formula is C22H30ClN3O3. The zero-order chi connectivity index (χ0) is 21.2. The van der Waals surface area contributed by atoms with Crippen LogP contribution >= 0.6 is 11.6 Å². The number of carbonyl (C=O) groups is 2. The SMILES string of the molecule is CCCC(=O)N[C@@H](Cc1cnc(CCC)n1Cc1ccccc1Cl)C(=O)OCC. The van der Waals surface area contributed by atoms with Crippen LogP contribution in [-0.4, -0.2) is 34.1 Å². The molecule has 158 valence electrons. The molecule has 2 rings (SSSR count). The Morgan fingerprint density at radius 1 is 1.21 bits per heavy atom. The predicted octanol–water partition coefficient (Wildman–Crippen LogP) is 3.93. The van der Waals surface area contributed by atoms with E-state index in [1.165, 1.54) is 0 Å². The number of amides is 1. The lowest BCUT2D eigenvalue weighted by Gasteiger charge is -2.19. The van der Waals surface area contributed by atoms with Crippen LogP contribution in [0.4, 0.5) is 0 Å². The van der Waals surface area contributed by atoms with Crippen molar-refractivity contribution in [2.75, 3.05) is 6.61 Å². The van der Waals surface area contributed by atoms with Gasteiger partial charge in [0.15, 0.2) is 0 Å². The number of nitrogens with one attached hydrogen (secondary N) is 1. The van der Waals surface area contributed by atoms with Gasteiger partial charge < -0.3 is 14.6 Å².